The predicted molar refractivity (Wildman–Crippen MR) is 132 cm³/mol. The molecule has 6 nitrogen and oxygen atoms in total. The van der Waals surface area contributed by atoms with Crippen molar-refractivity contribution in [2.24, 2.45) is 0 Å². The molecule has 7 heteroatoms. The van der Waals surface area contributed by atoms with Gasteiger partial charge in [0.2, 0.25) is 5.91 Å². The van der Waals surface area contributed by atoms with E-state index in [1.54, 1.807) is 37.5 Å². The molecule has 0 aliphatic rings. The van der Waals surface area contributed by atoms with Crippen molar-refractivity contribution in [3.63, 3.8) is 0 Å². The second-order valence-electron chi connectivity index (χ2n) is 7.86. The predicted octanol–water partition coefficient (Wildman–Crippen LogP) is 2.63. The number of Topliss-reactive ketones (excluding diaryl/α,β-unsaturated/α-hetero) is 1. The van der Waals surface area contributed by atoms with E-state index in [1.807, 2.05) is 45.0 Å². The molecule has 1 N–H and O–H groups in total. The highest BCUT2D eigenvalue weighted by molar-refractivity contribution is 7.07. The number of carbonyl (C=O) groups is 2. The Morgan fingerprint density at radius 3 is 2.39 bits per heavy atom. The number of aryl methyl sites for hydroxylation is 1. The molecule has 33 heavy (non-hydrogen) atoms. The third-order valence-electron chi connectivity index (χ3n) is 5.26. The number of nitrogens with one attached hydrogen (secondary N) is 1. The lowest BCUT2D eigenvalue weighted by molar-refractivity contribution is -0.122. The summed E-state index contributed by atoms with van der Waals surface area (Å²) in [5.74, 6) is 0.130. The van der Waals surface area contributed by atoms with Gasteiger partial charge in [0, 0.05) is 17.7 Å². The summed E-state index contributed by atoms with van der Waals surface area (Å²) in [6.45, 7) is 5.73. The van der Waals surface area contributed by atoms with Crippen LogP contribution in [-0.4, -0.2) is 29.4 Å². The summed E-state index contributed by atoms with van der Waals surface area (Å²) in [7, 11) is 1.56. The van der Waals surface area contributed by atoms with Crippen LogP contribution in [0.25, 0.3) is 12.2 Å². The molecule has 1 aromatic heterocycles. The van der Waals surface area contributed by atoms with Crippen LogP contribution >= 0.6 is 11.3 Å². The van der Waals surface area contributed by atoms with Gasteiger partial charge in [-0.1, -0.05) is 36.8 Å². The zero-order chi connectivity index (χ0) is 24.0. The Labute approximate surface area is 196 Å². The maximum atomic E-state index is 13.2. The van der Waals surface area contributed by atoms with Gasteiger partial charge in [-0.15, -0.1) is 11.3 Å². The third-order valence-corrected chi connectivity index (χ3v) is 6.32. The van der Waals surface area contributed by atoms with Gasteiger partial charge in [0.15, 0.2) is 5.78 Å². The van der Waals surface area contributed by atoms with Crippen LogP contribution < -0.4 is 24.8 Å². The zero-order valence-electron chi connectivity index (χ0n) is 19.3. The SMILES string of the molecule is CCC(C)NC(=O)Cn1c(=O)/c(=C/c2ccc(C)cc2)s/c1=C\C(=O)c1ccc(OC)cc1. The number of carbonyl (C=O) groups excluding carboxylic acids is 2. The van der Waals surface area contributed by atoms with Crippen LogP contribution in [0.15, 0.2) is 53.3 Å². The van der Waals surface area contributed by atoms with Gasteiger partial charge in [0.1, 0.15) is 17.0 Å². The Bertz CT molecular complexity index is 1300. The molecule has 1 amide bonds. The Morgan fingerprint density at radius 1 is 1.12 bits per heavy atom. The first-order chi connectivity index (χ1) is 15.8. The summed E-state index contributed by atoms with van der Waals surface area (Å²) in [5, 5.41) is 2.88. The van der Waals surface area contributed by atoms with Gasteiger partial charge >= 0.3 is 0 Å². The van der Waals surface area contributed by atoms with E-state index in [2.05, 4.69) is 5.32 Å². The minimum atomic E-state index is -0.298. The molecule has 0 bridgehead atoms. The molecule has 1 heterocycles. The summed E-state index contributed by atoms with van der Waals surface area (Å²) >= 11 is 1.20. The molecular weight excluding hydrogens is 436 g/mol. The van der Waals surface area contributed by atoms with Crippen LogP contribution in [0, 0.1) is 6.92 Å². The number of methoxy groups -OCH3 is 1. The van der Waals surface area contributed by atoms with Crippen molar-refractivity contribution in [3.05, 3.63) is 84.8 Å². The number of ether oxygens (including phenoxy) is 1. The first-order valence-corrected chi connectivity index (χ1v) is 11.6. The smallest absolute Gasteiger partial charge is 0.269 e. The molecule has 3 rings (SSSR count). The van der Waals surface area contributed by atoms with Gasteiger partial charge in [0.25, 0.3) is 5.56 Å². The van der Waals surface area contributed by atoms with Crippen molar-refractivity contribution in [3.8, 4) is 5.75 Å². The summed E-state index contributed by atoms with van der Waals surface area (Å²) < 4.78 is 7.40. The average Bonchev–Trinajstić information content (AvgIpc) is 3.09. The third kappa shape index (κ3) is 6.29. The second kappa shape index (κ2) is 10.9. The van der Waals surface area contributed by atoms with Gasteiger partial charge in [-0.3, -0.25) is 19.0 Å². The van der Waals surface area contributed by atoms with Crippen LogP contribution in [0.3, 0.4) is 0 Å². The Balaban J connectivity index is 2.06. The Hall–Kier alpha value is -3.45. The summed E-state index contributed by atoms with van der Waals surface area (Å²) in [6, 6.07) is 14.6. The van der Waals surface area contributed by atoms with Gasteiger partial charge in [-0.05, 0) is 56.2 Å². The standard InChI is InChI=1S/C26H28N2O4S/c1-5-18(3)27-24(30)16-28-25(15-22(29)20-10-12-21(32-4)13-11-20)33-23(26(28)31)14-19-8-6-17(2)7-9-19/h6-15,18H,5,16H2,1-4H3,(H,27,30)/b23-14-,25-15-. The topological polar surface area (TPSA) is 77.4 Å². The quantitative estimate of drug-likeness (QED) is 0.520. The van der Waals surface area contributed by atoms with Gasteiger partial charge in [-0.25, -0.2) is 0 Å². The second-order valence-corrected chi connectivity index (χ2v) is 8.93. The summed E-state index contributed by atoms with van der Waals surface area (Å²) in [4.78, 5) is 38.6. The van der Waals surface area contributed by atoms with Gasteiger partial charge in [0.05, 0.1) is 11.6 Å². The van der Waals surface area contributed by atoms with E-state index in [-0.39, 0.29) is 29.8 Å². The highest BCUT2D eigenvalue weighted by Crippen LogP contribution is 2.12. The Morgan fingerprint density at radius 2 is 1.79 bits per heavy atom. The maximum absolute atomic E-state index is 13.2. The molecule has 0 saturated heterocycles. The van der Waals surface area contributed by atoms with Crippen molar-refractivity contribution in [1.29, 1.82) is 0 Å². The van der Waals surface area contributed by atoms with Crippen molar-refractivity contribution >= 4 is 35.2 Å². The fourth-order valence-corrected chi connectivity index (χ4v) is 4.17. The molecule has 0 radical (unpaired) electrons. The molecule has 2 aromatic carbocycles. The summed E-state index contributed by atoms with van der Waals surface area (Å²) in [5.41, 5.74) is 2.17. The monoisotopic (exact) mass is 464 g/mol. The van der Waals surface area contributed by atoms with Crippen LogP contribution in [0.2, 0.25) is 0 Å². The number of ketones is 1. The zero-order valence-corrected chi connectivity index (χ0v) is 20.1. The molecule has 0 aliphatic heterocycles. The lowest BCUT2D eigenvalue weighted by Gasteiger charge is -2.11. The molecular formula is C26H28N2O4S. The largest absolute Gasteiger partial charge is 0.497 e. The molecule has 0 spiro atoms. The van der Waals surface area contributed by atoms with Crippen LogP contribution in [0.4, 0.5) is 0 Å². The minimum Gasteiger partial charge on any atom is -0.497 e. The number of amides is 1. The molecule has 0 fully saturated rings. The first kappa shape index (κ1) is 24.2. The minimum absolute atomic E-state index is 0.00112. The molecule has 1 atom stereocenters. The highest BCUT2D eigenvalue weighted by Gasteiger charge is 2.13. The molecule has 172 valence electrons. The van der Waals surface area contributed by atoms with E-state index in [1.165, 1.54) is 22.0 Å². The van der Waals surface area contributed by atoms with Crippen LogP contribution in [0.1, 0.15) is 41.8 Å². The fraction of sp³-hybridized carbons (Fsp3) is 0.269. The maximum Gasteiger partial charge on any atom is 0.269 e. The molecule has 0 aliphatic carbocycles. The van der Waals surface area contributed by atoms with Crippen molar-refractivity contribution in [2.45, 2.75) is 39.8 Å². The van der Waals surface area contributed by atoms with E-state index >= 15 is 0 Å². The van der Waals surface area contributed by atoms with Crippen LogP contribution in [0.5, 0.6) is 5.75 Å². The number of rotatable bonds is 8. The van der Waals surface area contributed by atoms with E-state index < -0.39 is 0 Å². The average molecular weight is 465 g/mol. The fourth-order valence-electron chi connectivity index (χ4n) is 3.12. The molecule has 3 aromatic rings. The van der Waals surface area contributed by atoms with E-state index in [0.29, 0.717) is 20.5 Å². The number of hydrogen-bond acceptors (Lipinski definition) is 5. The number of nitrogens with zero attached hydrogens (tertiary/aromatic N) is 1. The van der Waals surface area contributed by atoms with E-state index in [0.717, 1.165) is 17.5 Å². The number of thiazole rings is 1. The number of aromatic nitrogens is 1. The lowest BCUT2D eigenvalue weighted by atomic mass is 10.1. The Kier molecular flexibility index (Phi) is 8.01. The van der Waals surface area contributed by atoms with Gasteiger partial charge < -0.3 is 10.1 Å². The lowest BCUT2D eigenvalue weighted by Crippen LogP contribution is -2.40. The van der Waals surface area contributed by atoms with E-state index in [4.69, 9.17) is 4.74 Å². The van der Waals surface area contributed by atoms with Gasteiger partial charge in [-0.2, -0.15) is 0 Å². The molecule has 0 saturated carbocycles. The summed E-state index contributed by atoms with van der Waals surface area (Å²) in [6.07, 6.45) is 3.98. The van der Waals surface area contributed by atoms with Crippen molar-refractivity contribution < 1.29 is 14.3 Å². The van der Waals surface area contributed by atoms with Crippen LogP contribution in [-0.2, 0) is 11.3 Å². The first-order valence-electron chi connectivity index (χ1n) is 10.8. The molecule has 1 unspecified atom stereocenters. The van der Waals surface area contributed by atoms with E-state index in [9.17, 15) is 14.4 Å². The normalized spacial score (nSPS) is 13.1. The number of hydrogen-bond donors (Lipinski definition) is 1. The number of benzene rings is 2. The highest BCUT2D eigenvalue weighted by atomic mass is 32.1. The van der Waals surface area contributed by atoms with Crippen molar-refractivity contribution in [2.75, 3.05) is 7.11 Å². The van der Waals surface area contributed by atoms with Crippen molar-refractivity contribution in [1.82, 2.24) is 9.88 Å².